The van der Waals surface area contributed by atoms with E-state index >= 15 is 0 Å². The number of hydrogen-bond acceptors (Lipinski definition) is 4. The molecule has 102 valence electrons. The van der Waals surface area contributed by atoms with E-state index in [0.717, 1.165) is 25.3 Å². The summed E-state index contributed by atoms with van der Waals surface area (Å²) in [6.07, 6.45) is 3.18. The summed E-state index contributed by atoms with van der Waals surface area (Å²) in [5.41, 5.74) is 0.989. The fraction of sp³-hybridized carbons (Fsp3) is 0.643. The molecule has 0 radical (unpaired) electrons. The average Bonchev–Trinajstić information content (AvgIpc) is 2.30. The van der Waals surface area contributed by atoms with Gasteiger partial charge in [-0.15, -0.1) is 0 Å². The average molecular weight is 252 g/mol. The Balaban J connectivity index is 2.55. The van der Waals surface area contributed by atoms with Gasteiger partial charge in [0.15, 0.2) is 0 Å². The number of piperazine rings is 1. The van der Waals surface area contributed by atoms with E-state index in [9.17, 15) is 4.79 Å². The van der Waals surface area contributed by atoms with Gasteiger partial charge in [0.1, 0.15) is 0 Å². The molecule has 0 aromatic carbocycles. The molecule has 0 aromatic rings. The quantitative estimate of drug-likeness (QED) is 0.433. The van der Waals surface area contributed by atoms with Crippen LogP contribution in [0, 0.1) is 0 Å². The lowest BCUT2D eigenvalue weighted by Crippen LogP contribution is -2.56. The first-order valence-corrected chi connectivity index (χ1v) is 6.36. The van der Waals surface area contributed by atoms with Crippen molar-refractivity contribution in [2.45, 2.75) is 26.3 Å². The molecule has 0 saturated carbocycles. The zero-order chi connectivity index (χ0) is 13.8. The van der Waals surface area contributed by atoms with E-state index in [1.165, 1.54) is 6.08 Å². The van der Waals surface area contributed by atoms with E-state index < -0.39 is 0 Å². The van der Waals surface area contributed by atoms with Gasteiger partial charge < -0.3 is 9.64 Å². The highest BCUT2D eigenvalue weighted by Gasteiger charge is 2.30. The number of likely N-dealkylation sites (N-methyl/N-ethyl adjacent to an activating group) is 1. The Kier molecular flexibility index (Phi) is 4.96. The molecule has 0 bridgehead atoms. The number of carbonyl (C=O) groups excluding carboxylic acids is 1. The molecule has 0 aromatic heterocycles. The van der Waals surface area contributed by atoms with Crippen LogP contribution in [0.2, 0.25) is 0 Å². The molecule has 0 amide bonds. The van der Waals surface area contributed by atoms with Crippen LogP contribution in [0.4, 0.5) is 0 Å². The van der Waals surface area contributed by atoms with Crippen molar-refractivity contribution in [2.75, 3.05) is 33.3 Å². The lowest BCUT2D eigenvalue weighted by molar-refractivity contribution is -0.137. The minimum atomic E-state index is -0.313. The molecule has 0 unspecified atom stereocenters. The highest BCUT2D eigenvalue weighted by Crippen LogP contribution is 2.21. The standard InChI is InChI=1S/C14H24N2O2/c1-6-18-13(17)8-7-12(2)16-10-9-15(5)14(3,4)11-16/h7-8H,2,6,9-11H2,1,3-5H3/b8-7+. The van der Waals surface area contributed by atoms with Gasteiger partial charge >= 0.3 is 5.97 Å². The molecule has 0 atom stereocenters. The maximum absolute atomic E-state index is 11.2. The van der Waals surface area contributed by atoms with Crippen LogP contribution < -0.4 is 0 Å². The van der Waals surface area contributed by atoms with E-state index in [-0.39, 0.29) is 11.5 Å². The van der Waals surface area contributed by atoms with Crippen molar-refractivity contribution in [1.82, 2.24) is 9.80 Å². The number of rotatable bonds is 4. The van der Waals surface area contributed by atoms with Gasteiger partial charge in [-0.05, 0) is 33.9 Å². The first-order chi connectivity index (χ1) is 8.36. The first-order valence-electron chi connectivity index (χ1n) is 6.36. The Hall–Kier alpha value is -1.29. The normalized spacial score (nSPS) is 20.1. The van der Waals surface area contributed by atoms with Gasteiger partial charge in [0.2, 0.25) is 0 Å². The van der Waals surface area contributed by atoms with Crippen LogP contribution in [0.1, 0.15) is 20.8 Å². The van der Waals surface area contributed by atoms with Gasteiger partial charge in [0.05, 0.1) is 6.61 Å². The third kappa shape index (κ3) is 3.88. The zero-order valence-electron chi connectivity index (χ0n) is 11.9. The van der Waals surface area contributed by atoms with Crippen LogP contribution in [0.5, 0.6) is 0 Å². The van der Waals surface area contributed by atoms with Crippen LogP contribution in [-0.4, -0.2) is 54.6 Å². The minimum Gasteiger partial charge on any atom is -0.463 e. The Morgan fingerprint density at radius 2 is 2.06 bits per heavy atom. The van der Waals surface area contributed by atoms with Crippen molar-refractivity contribution in [3.63, 3.8) is 0 Å². The van der Waals surface area contributed by atoms with Crippen LogP contribution in [0.3, 0.4) is 0 Å². The Morgan fingerprint density at radius 3 is 2.61 bits per heavy atom. The van der Waals surface area contributed by atoms with Crippen LogP contribution in [0.15, 0.2) is 24.4 Å². The number of esters is 1. The number of hydrogen-bond donors (Lipinski definition) is 0. The van der Waals surface area contributed by atoms with Crippen molar-refractivity contribution in [3.8, 4) is 0 Å². The summed E-state index contributed by atoms with van der Waals surface area (Å²) in [7, 11) is 2.13. The molecule has 0 N–H and O–H groups in total. The highest BCUT2D eigenvalue weighted by atomic mass is 16.5. The van der Waals surface area contributed by atoms with Crippen molar-refractivity contribution in [3.05, 3.63) is 24.4 Å². The van der Waals surface area contributed by atoms with Gasteiger partial charge in [0.25, 0.3) is 0 Å². The maximum Gasteiger partial charge on any atom is 0.330 e. The molecule has 0 aliphatic carbocycles. The molecule has 1 fully saturated rings. The fourth-order valence-electron chi connectivity index (χ4n) is 1.95. The van der Waals surface area contributed by atoms with Gasteiger partial charge in [-0.3, -0.25) is 4.90 Å². The minimum absolute atomic E-state index is 0.124. The van der Waals surface area contributed by atoms with Crippen LogP contribution >= 0.6 is 0 Å². The molecule has 1 rings (SSSR count). The summed E-state index contributed by atoms with van der Waals surface area (Å²) in [6, 6.07) is 0. The molecule has 1 aliphatic heterocycles. The highest BCUT2D eigenvalue weighted by molar-refractivity contribution is 5.82. The number of allylic oxidation sites excluding steroid dienone is 1. The molecule has 0 spiro atoms. The molecule has 4 nitrogen and oxygen atoms in total. The van der Waals surface area contributed by atoms with Gasteiger partial charge in [-0.25, -0.2) is 4.79 Å². The van der Waals surface area contributed by atoms with Crippen molar-refractivity contribution in [2.24, 2.45) is 0 Å². The van der Waals surface area contributed by atoms with Crippen molar-refractivity contribution < 1.29 is 9.53 Å². The first kappa shape index (κ1) is 14.8. The molecule has 1 heterocycles. The SMILES string of the molecule is C=C(/C=C/C(=O)OCC)N1CCN(C)C(C)(C)C1. The fourth-order valence-corrected chi connectivity index (χ4v) is 1.95. The topological polar surface area (TPSA) is 32.8 Å². The molecule has 1 saturated heterocycles. The second-order valence-corrected chi connectivity index (χ2v) is 5.23. The molecular formula is C14H24N2O2. The summed E-state index contributed by atoms with van der Waals surface area (Å²) in [6.45, 7) is 13.5. The second kappa shape index (κ2) is 6.05. The van der Waals surface area contributed by atoms with E-state index in [1.807, 2.05) is 0 Å². The van der Waals surface area contributed by atoms with E-state index in [2.05, 4.69) is 37.3 Å². The van der Waals surface area contributed by atoms with Crippen LogP contribution in [-0.2, 0) is 9.53 Å². The predicted octanol–water partition coefficient (Wildman–Crippen LogP) is 1.65. The summed E-state index contributed by atoms with van der Waals surface area (Å²) in [5.74, 6) is -0.313. The largest absolute Gasteiger partial charge is 0.463 e. The van der Waals surface area contributed by atoms with E-state index in [4.69, 9.17) is 4.74 Å². The number of carbonyl (C=O) groups is 1. The maximum atomic E-state index is 11.2. The zero-order valence-corrected chi connectivity index (χ0v) is 11.9. The van der Waals surface area contributed by atoms with Crippen molar-refractivity contribution in [1.29, 1.82) is 0 Å². The summed E-state index contributed by atoms with van der Waals surface area (Å²) in [4.78, 5) is 15.8. The second-order valence-electron chi connectivity index (χ2n) is 5.23. The number of ether oxygens (including phenoxy) is 1. The Labute approximate surface area is 110 Å². The van der Waals surface area contributed by atoms with Gasteiger partial charge in [0, 0.05) is 36.9 Å². The third-order valence-corrected chi connectivity index (χ3v) is 3.42. The summed E-state index contributed by atoms with van der Waals surface area (Å²) in [5, 5.41) is 0. The monoisotopic (exact) mass is 252 g/mol. The van der Waals surface area contributed by atoms with Gasteiger partial charge in [-0.1, -0.05) is 6.58 Å². The van der Waals surface area contributed by atoms with Crippen molar-refractivity contribution >= 4 is 5.97 Å². The lowest BCUT2D eigenvalue weighted by Gasteiger charge is -2.46. The third-order valence-electron chi connectivity index (χ3n) is 3.42. The molecule has 1 aliphatic rings. The van der Waals surface area contributed by atoms with E-state index in [1.54, 1.807) is 13.0 Å². The van der Waals surface area contributed by atoms with Crippen LogP contribution in [0.25, 0.3) is 0 Å². The number of nitrogens with zero attached hydrogens (tertiary/aromatic N) is 2. The van der Waals surface area contributed by atoms with Gasteiger partial charge in [-0.2, -0.15) is 0 Å². The van der Waals surface area contributed by atoms with E-state index in [0.29, 0.717) is 6.61 Å². The Morgan fingerprint density at radius 1 is 1.39 bits per heavy atom. The smallest absolute Gasteiger partial charge is 0.330 e. The summed E-state index contributed by atoms with van der Waals surface area (Å²) < 4.78 is 4.84. The molecule has 18 heavy (non-hydrogen) atoms. The molecular weight excluding hydrogens is 228 g/mol. The predicted molar refractivity (Wildman–Crippen MR) is 73.2 cm³/mol. The Bertz CT molecular complexity index is 348. The summed E-state index contributed by atoms with van der Waals surface area (Å²) >= 11 is 0. The molecule has 4 heteroatoms. The lowest BCUT2D eigenvalue weighted by atomic mass is 9.99.